The Morgan fingerprint density at radius 1 is 1.32 bits per heavy atom. The zero-order valence-electron chi connectivity index (χ0n) is 12.9. The molecule has 1 N–H and O–H groups in total. The molecule has 1 amide bonds. The summed E-state index contributed by atoms with van der Waals surface area (Å²) in [5.74, 6) is -1.68. The predicted molar refractivity (Wildman–Crippen MR) is 85.6 cm³/mol. The van der Waals surface area contributed by atoms with E-state index < -0.39 is 24.6 Å². The van der Waals surface area contributed by atoms with Gasteiger partial charge in [-0.25, -0.2) is 4.79 Å². The van der Waals surface area contributed by atoms with Crippen molar-refractivity contribution < 1.29 is 27.8 Å². The molecule has 0 saturated carbocycles. The molecule has 0 aliphatic rings. The number of halogens is 2. The molecular formula is C16H12F2N2O4S. The first-order valence-electron chi connectivity index (χ1n) is 6.95. The zero-order valence-corrected chi connectivity index (χ0v) is 13.7. The third-order valence-corrected chi connectivity index (χ3v) is 3.80. The summed E-state index contributed by atoms with van der Waals surface area (Å²) in [6.45, 7) is -1.66. The second-order valence-electron chi connectivity index (χ2n) is 4.72. The van der Waals surface area contributed by atoms with Crippen LogP contribution >= 0.6 is 11.3 Å². The smallest absolute Gasteiger partial charge is 0.387 e. The van der Waals surface area contributed by atoms with Crippen LogP contribution in [0.2, 0.25) is 0 Å². The molecule has 1 aromatic carbocycles. The largest absolute Gasteiger partial charge is 0.449 e. The molecular weight excluding hydrogens is 354 g/mol. The number of carbonyl (C=O) groups is 2. The van der Waals surface area contributed by atoms with E-state index in [4.69, 9.17) is 10.00 Å². The minimum atomic E-state index is -3.02. The molecule has 0 aliphatic carbocycles. The fourth-order valence-corrected chi connectivity index (χ4v) is 2.53. The Labute approximate surface area is 145 Å². The van der Waals surface area contributed by atoms with Crippen LogP contribution in [0.3, 0.4) is 0 Å². The number of hydrogen-bond acceptors (Lipinski definition) is 6. The maximum atomic E-state index is 12.2. The molecule has 1 aromatic heterocycles. The first kappa shape index (κ1) is 18.4. The molecule has 2 rings (SSSR count). The minimum absolute atomic E-state index is 0.0355. The molecule has 0 unspecified atom stereocenters. The fourth-order valence-electron chi connectivity index (χ4n) is 1.79. The van der Waals surface area contributed by atoms with Crippen molar-refractivity contribution in [1.82, 2.24) is 0 Å². The van der Waals surface area contributed by atoms with Gasteiger partial charge in [0.25, 0.3) is 5.91 Å². The Morgan fingerprint density at radius 2 is 2.08 bits per heavy atom. The van der Waals surface area contributed by atoms with Crippen molar-refractivity contribution in [1.29, 1.82) is 5.26 Å². The summed E-state index contributed by atoms with van der Waals surface area (Å²) in [6.07, 6.45) is -1.15. The van der Waals surface area contributed by atoms with E-state index in [9.17, 15) is 18.4 Å². The zero-order chi connectivity index (χ0) is 18.4. The third kappa shape index (κ3) is 4.99. The minimum Gasteiger partial charge on any atom is -0.449 e. The number of anilines is 1. The van der Waals surface area contributed by atoms with Crippen molar-refractivity contribution in [2.75, 3.05) is 5.32 Å². The van der Waals surface area contributed by atoms with Crippen molar-refractivity contribution in [2.24, 2.45) is 0 Å². The monoisotopic (exact) mass is 366 g/mol. The summed E-state index contributed by atoms with van der Waals surface area (Å²) < 4.78 is 33.6. The van der Waals surface area contributed by atoms with Crippen molar-refractivity contribution in [3.8, 4) is 11.8 Å². The van der Waals surface area contributed by atoms with E-state index in [1.807, 2.05) is 6.07 Å². The number of nitriles is 1. The molecule has 9 heteroatoms. The number of alkyl halides is 2. The topological polar surface area (TPSA) is 88.4 Å². The summed E-state index contributed by atoms with van der Waals surface area (Å²) in [7, 11) is 0. The van der Waals surface area contributed by atoms with Crippen LogP contribution in [0.25, 0.3) is 0 Å². The maximum absolute atomic E-state index is 12.2. The average Bonchev–Trinajstić information content (AvgIpc) is 3.01. The molecule has 0 saturated heterocycles. The van der Waals surface area contributed by atoms with Gasteiger partial charge in [-0.1, -0.05) is 6.07 Å². The number of nitrogens with zero attached hydrogens (tertiary/aromatic N) is 1. The fraction of sp³-hybridized carbons (Fsp3) is 0.188. The lowest BCUT2D eigenvalue weighted by molar-refractivity contribution is -0.123. The molecule has 2 aromatic rings. The van der Waals surface area contributed by atoms with Crippen LogP contribution < -0.4 is 10.1 Å². The van der Waals surface area contributed by atoms with E-state index >= 15 is 0 Å². The predicted octanol–water partition coefficient (Wildman–Crippen LogP) is 3.41. The lowest BCUT2D eigenvalue weighted by Gasteiger charge is -2.13. The number of esters is 1. The van der Waals surface area contributed by atoms with Crippen LogP contribution in [0.4, 0.5) is 13.8 Å². The van der Waals surface area contributed by atoms with Crippen molar-refractivity contribution in [3.63, 3.8) is 0 Å². The van der Waals surface area contributed by atoms with Gasteiger partial charge in [0.2, 0.25) is 0 Å². The van der Waals surface area contributed by atoms with E-state index in [0.717, 1.165) is 17.4 Å². The van der Waals surface area contributed by atoms with Gasteiger partial charge in [0.1, 0.15) is 16.8 Å². The molecule has 0 aliphatic heterocycles. The quantitative estimate of drug-likeness (QED) is 0.792. The number of ether oxygens (including phenoxy) is 2. The molecule has 130 valence electrons. The molecule has 25 heavy (non-hydrogen) atoms. The molecule has 0 bridgehead atoms. The van der Waals surface area contributed by atoms with Gasteiger partial charge in [-0.05, 0) is 36.6 Å². The highest BCUT2D eigenvalue weighted by atomic mass is 32.1. The number of hydrogen-bond donors (Lipinski definition) is 1. The average molecular weight is 366 g/mol. The summed E-state index contributed by atoms with van der Waals surface area (Å²) in [4.78, 5) is 24.1. The number of rotatable bonds is 6. The van der Waals surface area contributed by atoms with Gasteiger partial charge in [-0.3, -0.25) is 4.79 Å². The van der Waals surface area contributed by atoms with Gasteiger partial charge in [0.15, 0.2) is 6.10 Å². The summed E-state index contributed by atoms with van der Waals surface area (Å²) >= 11 is 1.16. The maximum Gasteiger partial charge on any atom is 0.387 e. The second-order valence-corrected chi connectivity index (χ2v) is 5.63. The van der Waals surface area contributed by atoms with Gasteiger partial charge in [-0.2, -0.15) is 14.0 Å². The van der Waals surface area contributed by atoms with Gasteiger partial charge in [-0.15, -0.1) is 11.3 Å². The van der Waals surface area contributed by atoms with Crippen LogP contribution in [-0.4, -0.2) is 24.6 Å². The van der Waals surface area contributed by atoms with Crippen LogP contribution in [0.5, 0.6) is 5.75 Å². The lowest BCUT2D eigenvalue weighted by Crippen LogP contribution is -2.29. The lowest BCUT2D eigenvalue weighted by atomic mass is 10.2. The first-order chi connectivity index (χ1) is 11.9. The summed E-state index contributed by atoms with van der Waals surface area (Å²) in [5.41, 5.74) is 0.264. The van der Waals surface area contributed by atoms with Crippen molar-refractivity contribution >= 4 is 28.2 Å². The summed E-state index contributed by atoms with van der Waals surface area (Å²) in [5, 5.41) is 13.4. The van der Waals surface area contributed by atoms with Crippen LogP contribution in [0.1, 0.15) is 22.8 Å². The Balaban J connectivity index is 2.00. The Kier molecular flexibility index (Phi) is 6.03. The van der Waals surface area contributed by atoms with E-state index in [0.29, 0.717) is 10.6 Å². The Bertz CT molecular complexity index is 816. The van der Waals surface area contributed by atoms with E-state index in [2.05, 4.69) is 10.1 Å². The first-order valence-corrected chi connectivity index (χ1v) is 7.83. The van der Waals surface area contributed by atoms with Crippen molar-refractivity contribution in [3.05, 3.63) is 46.8 Å². The molecule has 1 heterocycles. The summed E-state index contributed by atoms with van der Waals surface area (Å²) in [6, 6.07) is 8.52. The Morgan fingerprint density at radius 3 is 2.76 bits per heavy atom. The highest BCUT2D eigenvalue weighted by Gasteiger charge is 2.21. The highest BCUT2D eigenvalue weighted by molar-refractivity contribution is 7.14. The Hall–Kier alpha value is -2.99. The second kappa shape index (κ2) is 8.21. The van der Waals surface area contributed by atoms with Gasteiger partial charge in [0.05, 0.1) is 11.1 Å². The third-order valence-electron chi connectivity index (χ3n) is 2.97. The van der Waals surface area contributed by atoms with E-state index in [1.165, 1.54) is 25.1 Å². The van der Waals surface area contributed by atoms with Crippen molar-refractivity contribution in [2.45, 2.75) is 19.6 Å². The number of amides is 1. The number of nitrogens with one attached hydrogen (secondary N) is 1. The molecule has 6 nitrogen and oxygen atoms in total. The number of benzene rings is 1. The van der Waals surface area contributed by atoms with Gasteiger partial charge < -0.3 is 14.8 Å². The molecule has 0 radical (unpaired) electrons. The van der Waals surface area contributed by atoms with Gasteiger partial charge >= 0.3 is 12.6 Å². The van der Waals surface area contributed by atoms with Crippen LogP contribution in [0.15, 0.2) is 35.7 Å². The van der Waals surface area contributed by atoms with Crippen LogP contribution in [-0.2, 0) is 9.53 Å². The molecule has 0 fully saturated rings. The number of thiophene rings is 1. The molecule has 0 spiro atoms. The van der Waals surface area contributed by atoms with Crippen LogP contribution in [0, 0.1) is 11.3 Å². The highest BCUT2D eigenvalue weighted by Crippen LogP contribution is 2.22. The van der Waals surface area contributed by atoms with E-state index in [-0.39, 0.29) is 11.3 Å². The normalized spacial score (nSPS) is 11.5. The van der Waals surface area contributed by atoms with E-state index in [1.54, 1.807) is 11.4 Å². The standard InChI is InChI=1S/C16H12F2N2O4S/c1-9(13(21)20-14-11(8-19)5-6-25-14)23-15(22)10-3-2-4-12(7-10)24-16(17)18/h2-7,9,16H,1H3,(H,20,21)/t9-/m0/s1. The SMILES string of the molecule is C[C@H](OC(=O)c1cccc(OC(F)F)c1)C(=O)Nc1sccc1C#N. The number of carbonyl (C=O) groups excluding carboxylic acids is 2. The van der Waals surface area contributed by atoms with Gasteiger partial charge in [0, 0.05) is 0 Å². The molecule has 1 atom stereocenters.